The van der Waals surface area contributed by atoms with Crippen LogP contribution in [0.1, 0.15) is 41.4 Å². The second kappa shape index (κ2) is 8.26. The summed E-state index contributed by atoms with van der Waals surface area (Å²) < 4.78 is 5.67. The van der Waals surface area contributed by atoms with E-state index in [0.717, 1.165) is 19.3 Å². The zero-order chi connectivity index (χ0) is 20.2. The lowest BCUT2D eigenvalue weighted by molar-refractivity contribution is -0.142. The first kappa shape index (κ1) is 18.9. The minimum absolute atomic E-state index is 0.0208. The molecule has 0 radical (unpaired) electrons. The zero-order valence-electron chi connectivity index (χ0n) is 15.8. The van der Waals surface area contributed by atoms with Gasteiger partial charge in [-0.2, -0.15) is 5.10 Å². The number of carbonyl (C=O) groups is 2. The smallest absolute Gasteiger partial charge is 0.360 e. The molecule has 0 aliphatic carbocycles. The number of aromatic nitrogens is 2. The summed E-state index contributed by atoms with van der Waals surface area (Å²) in [5, 5.41) is 6.94. The number of esters is 1. The highest BCUT2D eigenvalue weighted by atomic mass is 16.5. The molecule has 1 unspecified atom stereocenters. The van der Waals surface area contributed by atoms with Gasteiger partial charge in [0.05, 0.1) is 5.39 Å². The summed E-state index contributed by atoms with van der Waals surface area (Å²) in [5.41, 5.74) is 0.193. The Morgan fingerprint density at radius 3 is 2.31 bits per heavy atom. The minimum atomic E-state index is -1.06. The van der Waals surface area contributed by atoms with Gasteiger partial charge in [-0.25, -0.2) is 9.89 Å². The van der Waals surface area contributed by atoms with Crippen LogP contribution in [0.15, 0.2) is 59.4 Å². The number of hydrogen-bond acceptors (Lipinski definition) is 5. The number of hydrogen-bond donors (Lipinski definition) is 1. The standard InChI is InChI=1S/C22H21N3O4/c26-20-17-12-6-5-11-16(17)18(23-24-20)22(28)29-19(15-9-3-1-4-10-15)21(27)25-13-7-2-8-14-25/h1,3-6,9-12,19H,2,7-8,13-14H2,(H,24,26). The van der Waals surface area contributed by atoms with Crippen LogP contribution in [0.5, 0.6) is 0 Å². The predicted octanol–water partition coefficient (Wildman–Crippen LogP) is 2.83. The van der Waals surface area contributed by atoms with Crippen LogP contribution in [-0.2, 0) is 9.53 Å². The number of H-pyrrole nitrogens is 1. The lowest BCUT2D eigenvalue weighted by Gasteiger charge is -2.30. The first-order valence-corrected chi connectivity index (χ1v) is 9.67. The first-order chi connectivity index (χ1) is 14.1. The highest BCUT2D eigenvalue weighted by molar-refractivity contribution is 6.02. The van der Waals surface area contributed by atoms with Gasteiger partial charge in [0.15, 0.2) is 5.69 Å². The average molecular weight is 391 g/mol. The van der Waals surface area contributed by atoms with E-state index in [0.29, 0.717) is 29.4 Å². The van der Waals surface area contributed by atoms with E-state index in [1.165, 1.54) is 0 Å². The quantitative estimate of drug-likeness (QED) is 0.691. The fraction of sp³-hybridized carbons (Fsp3) is 0.273. The van der Waals surface area contributed by atoms with Gasteiger partial charge in [-0.1, -0.05) is 48.5 Å². The van der Waals surface area contributed by atoms with E-state index in [-0.39, 0.29) is 17.2 Å². The van der Waals surface area contributed by atoms with E-state index >= 15 is 0 Å². The van der Waals surface area contributed by atoms with Crippen molar-refractivity contribution in [3.63, 3.8) is 0 Å². The summed E-state index contributed by atoms with van der Waals surface area (Å²) in [5.74, 6) is -0.991. The Hall–Kier alpha value is -3.48. The van der Waals surface area contributed by atoms with Crippen molar-refractivity contribution in [3.05, 3.63) is 76.2 Å². The second-order valence-electron chi connectivity index (χ2n) is 7.03. The molecule has 1 saturated heterocycles. The molecule has 1 aliphatic rings. The third-order valence-corrected chi connectivity index (χ3v) is 5.11. The van der Waals surface area contributed by atoms with Gasteiger partial charge < -0.3 is 9.64 Å². The number of nitrogens with zero attached hydrogens (tertiary/aromatic N) is 2. The third kappa shape index (κ3) is 3.89. The highest BCUT2D eigenvalue weighted by Crippen LogP contribution is 2.25. The van der Waals surface area contributed by atoms with E-state index in [2.05, 4.69) is 10.2 Å². The molecule has 4 rings (SSSR count). The van der Waals surface area contributed by atoms with Crippen molar-refractivity contribution >= 4 is 22.6 Å². The van der Waals surface area contributed by atoms with Crippen LogP contribution in [0, 0.1) is 0 Å². The molecule has 7 heteroatoms. The molecule has 29 heavy (non-hydrogen) atoms. The number of carbonyl (C=O) groups excluding carboxylic acids is 2. The van der Waals surface area contributed by atoms with E-state index in [1.54, 1.807) is 53.4 Å². The molecule has 1 fully saturated rings. The molecule has 2 aromatic carbocycles. The Kier molecular flexibility index (Phi) is 5.37. The van der Waals surface area contributed by atoms with Gasteiger partial charge in [-0.3, -0.25) is 9.59 Å². The Balaban J connectivity index is 1.68. The fourth-order valence-corrected chi connectivity index (χ4v) is 3.60. The van der Waals surface area contributed by atoms with Gasteiger partial charge in [0.2, 0.25) is 6.10 Å². The minimum Gasteiger partial charge on any atom is -0.442 e. The topological polar surface area (TPSA) is 92.4 Å². The first-order valence-electron chi connectivity index (χ1n) is 9.67. The molecule has 2 heterocycles. The number of rotatable bonds is 4. The van der Waals surface area contributed by atoms with Crippen LogP contribution in [0.25, 0.3) is 10.8 Å². The summed E-state index contributed by atoms with van der Waals surface area (Å²) in [7, 11) is 0. The second-order valence-corrected chi connectivity index (χ2v) is 7.03. The molecular formula is C22H21N3O4. The fourth-order valence-electron chi connectivity index (χ4n) is 3.60. The van der Waals surface area contributed by atoms with Gasteiger partial charge in [0.1, 0.15) is 0 Å². The zero-order valence-corrected chi connectivity index (χ0v) is 15.8. The number of amides is 1. The van der Waals surface area contributed by atoms with E-state index in [4.69, 9.17) is 4.74 Å². The van der Waals surface area contributed by atoms with Crippen LogP contribution >= 0.6 is 0 Å². The molecule has 1 aromatic heterocycles. The Morgan fingerprint density at radius 1 is 0.931 bits per heavy atom. The number of ether oxygens (including phenoxy) is 1. The van der Waals surface area contributed by atoms with E-state index in [1.807, 2.05) is 6.07 Å². The van der Waals surface area contributed by atoms with Gasteiger partial charge >= 0.3 is 5.97 Å². The maximum absolute atomic E-state index is 13.2. The summed E-state index contributed by atoms with van der Waals surface area (Å²) in [6.45, 7) is 1.30. The third-order valence-electron chi connectivity index (χ3n) is 5.11. The molecule has 1 amide bonds. The van der Waals surface area contributed by atoms with Crippen molar-refractivity contribution in [2.45, 2.75) is 25.4 Å². The predicted molar refractivity (Wildman–Crippen MR) is 107 cm³/mol. The van der Waals surface area contributed by atoms with E-state index < -0.39 is 12.1 Å². The van der Waals surface area contributed by atoms with Crippen LogP contribution in [0.4, 0.5) is 0 Å². The van der Waals surface area contributed by atoms with Crippen molar-refractivity contribution in [2.24, 2.45) is 0 Å². The molecule has 148 valence electrons. The highest BCUT2D eigenvalue weighted by Gasteiger charge is 2.31. The monoisotopic (exact) mass is 391 g/mol. The van der Waals surface area contributed by atoms with Crippen LogP contribution in [0.3, 0.4) is 0 Å². The molecule has 0 spiro atoms. The number of piperidine rings is 1. The van der Waals surface area contributed by atoms with Crippen molar-refractivity contribution in [3.8, 4) is 0 Å². The summed E-state index contributed by atoms with van der Waals surface area (Å²) in [6.07, 6.45) is 1.90. The summed E-state index contributed by atoms with van der Waals surface area (Å²) in [4.78, 5) is 39.8. The number of aromatic amines is 1. The van der Waals surface area contributed by atoms with Crippen molar-refractivity contribution in [2.75, 3.05) is 13.1 Å². The van der Waals surface area contributed by atoms with Crippen molar-refractivity contribution in [1.29, 1.82) is 0 Å². The SMILES string of the molecule is O=C(OC(C(=O)N1CCCCC1)c1ccccc1)c1n[nH]c(=O)c2ccccc12. The molecule has 1 aliphatic heterocycles. The average Bonchev–Trinajstić information content (AvgIpc) is 2.78. The van der Waals surface area contributed by atoms with E-state index in [9.17, 15) is 14.4 Å². The van der Waals surface area contributed by atoms with Crippen molar-refractivity contribution in [1.82, 2.24) is 15.1 Å². The Morgan fingerprint density at radius 2 is 1.59 bits per heavy atom. The number of benzene rings is 2. The number of fused-ring (bicyclic) bond motifs is 1. The normalized spacial score (nSPS) is 15.1. The van der Waals surface area contributed by atoms with Crippen LogP contribution < -0.4 is 5.56 Å². The van der Waals surface area contributed by atoms with Gasteiger partial charge in [-0.15, -0.1) is 0 Å². The largest absolute Gasteiger partial charge is 0.442 e. The molecule has 1 N–H and O–H groups in total. The Bertz CT molecular complexity index is 1090. The lowest BCUT2D eigenvalue weighted by atomic mass is 10.1. The van der Waals surface area contributed by atoms with Gasteiger partial charge in [0, 0.05) is 24.0 Å². The molecule has 1 atom stereocenters. The molecular weight excluding hydrogens is 370 g/mol. The van der Waals surface area contributed by atoms with Gasteiger partial charge in [0.25, 0.3) is 11.5 Å². The van der Waals surface area contributed by atoms with Crippen LogP contribution in [-0.4, -0.2) is 40.1 Å². The van der Waals surface area contributed by atoms with Crippen LogP contribution in [0.2, 0.25) is 0 Å². The molecule has 0 bridgehead atoms. The number of nitrogens with one attached hydrogen (secondary N) is 1. The molecule has 3 aromatic rings. The maximum atomic E-state index is 13.2. The van der Waals surface area contributed by atoms with Crippen molar-refractivity contribution < 1.29 is 14.3 Å². The summed E-state index contributed by atoms with van der Waals surface area (Å²) in [6, 6.07) is 15.6. The molecule has 7 nitrogen and oxygen atoms in total. The number of likely N-dealkylation sites (tertiary alicyclic amines) is 1. The van der Waals surface area contributed by atoms with Gasteiger partial charge in [-0.05, 0) is 25.3 Å². The summed E-state index contributed by atoms with van der Waals surface area (Å²) >= 11 is 0. The maximum Gasteiger partial charge on any atom is 0.360 e. The lowest BCUT2D eigenvalue weighted by Crippen LogP contribution is -2.40. The Labute approximate surface area is 167 Å². The molecule has 0 saturated carbocycles.